The van der Waals surface area contributed by atoms with Crippen LogP contribution in [0.2, 0.25) is 0 Å². The fraction of sp³-hybridized carbons (Fsp3) is 0.0833. The summed E-state index contributed by atoms with van der Waals surface area (Å²) in [5.41, 5.74) is 17.3. The van der Waals surface area contributed by atoms with Gasteiger partial charge in [0.1, 0.15) is 0 Å². The van der Waals surface area contributed by atoms with Gasteiger partial charge in [0.25, 0.3) is 0 Å². The molecule has 5 heteroatoms. The fourth-order valence-electron chi connectivity index (χ4n) is 4.40. The van der Waals surface area contributed by atoms with E-state index >= 15 is 0 Å². The summed E-state index contributed by atoms with van der Waals surface area (Å²) in [5.74, 6) is 0. The van der Waals surface area contributed by atoms with Crippen LogP contribution in [0.25, 0.3) is 21.5 Å². The maximum atomic E-state index is 5.79. The third kappa shape index (κ3) is 10.2. The van der Waals surface area contributed by atoms with Gasteiger partial charge < -0.3 is 11.5 Å². The first kappa shape index (κ1) is 32.7. The molecule has 0 aliphatic carbocycles. The van der Waals surface area contributed by atoms with Crippen molar-refractivity contribution < 1.29 is 16.3 Å². The van der Waals surface area contributed by atoms with Gasteiger partial charge in [0.05, 0.1) is 0 Å². The summed E-state index contributed by atoms with van der Waals surface area (Å²) in [5, 5.41) is 5.13. The maximum absolute atomic E-state index is 5.79. The van der Waals surface area contributed by atoms with Crippen molar-refractivity contribution in [1.82, 2.24) is 0 Å². The summed E-state index contributed by atoms with van der Waals surface area (Å²) in [7, 11) is 0. The first-order valence-corrected chi connectivity index (χ1v) is 21.1. The summed E-state index contributed by atoms with van der Waals surface area (Å²) in [6, 6.07) is 46.0. The van der Waals surface area contributed by atoms with Crippen LogP contribution < -0.4 is 11.5 Å². The molecule has 204 valence electrons. The van der Waals surface area contributed by atoms with Gasteiger partial charge in [-0.1, -0.05) is 131 Å². The van der Waals surface area contributed by atoms with Gasteiger partial charge in [-0.25, -0.2) is 0 Å². The Labute approximate surface area is 269 Å². The number of rotatable bonds is 4. The molecule has 0 unspecified atom stereocenters. The molecule has 41 heavy (non-hydrogen) atoms. The Kier molecular flexibility index (Phi) is 14.3. The molecule has 0 atom stereocenters. The number of nitrogens with two attached hydrogens (primary N) is 2. The quantitative estimate of drug-likeness (QED) is 0.141. The molecule has 0 heterocycles. The molecule has 4 N–H and O–H groups in total. The molecule has 0 saturated carbocycles. The Hall–Kier alpha value is -2.79. The molecule has 0 amide bonds. The van der Waals surface area contributed by atoms with Gasteiger partial charge in [-0.2, -0.15) is 24.6 Å². The van der Waals surface area contributed by atoms with Crippen molar-refractivity contribution in [1.29, 1.82) is 0 Å². The monoisotopic (exact) mass is 716 g/mol. The predicted octanol–water partition coefficient (Wildman–Crippen LogP) is 9.66. The zero-order chi connectivity index (χ0) is 29.5. The minimum atomic E-state index is 0.599. The Morgan fingerprint density at radius 2 is 0.976 bits per heavy atom. The average molecular weight is 720 g/mol. The van der Waals surface area contributed by atoms with E-state index in [1.807, 2.05) is 48.5 Å². The van der Waals surface area contributed by atoms with Gasteiger partial charge >= 0.3 is 30.0 Å². The van der Waals surface area contributed by atoms with Gasteiger partial charge in [0, 0.05) is 17.6 Å². The molecular formula is C36H34Br2N2Zn. The molecule has 0 fully saturated rings. The van der Waals surface area contributed by atoms with Crippen molar-refractivity contribution in [3.8, 4) is 0 Å². The summed E-state index contributed by atoms with van der Waals surface area (Å²) in [6.45, 7) is 5.07. The van der Waals surface area contributed by atoms with E-state index < -0.39 is 0 Å². The first-order chi connectivity index (χ1) is 20.1. The van der Waals surface area contributed by atoms with Crippen LogP contribution in [0.15, 0.2) is 138 Å². The van der Waals surface area contributed by atoms with E-state index in [1.165, 1.54) is 54.6 Å². The Balaban J connectivity index is 0.000000179. The molecule has 6 aromatic carbocycles. The van der Waals surface area contributed by atoms with Crippen LogP contribution in [0.4, 0.5) is 0 Å². The molecule has 0 saturated heterocycles. The van der Waals surface area contributed by atoms with Crippen LogP contribution in [0, 0.1) is 6.92 Å². The second-order valence-corrected chi connectivity index (χ2v) is 10.2. The predicted molar refractivity (Wildman–Crippen MR) is 180 cm³/mol. The van der Waals surface area contributed by atoms with Crippen LogP contribution in [0.3, 0.4) is 0 Å². The third-order valence-corrected chi connectivity index (χ3v) is 7.31. The second-order valence-electron chi connectivity index (χ2n) is 9.31. The zero-order valence-electron chi connectivity index (χ0n) is 23.1. The molecule has 0 bridgehead atoms. The summed E-state index contributed by atoms with van der Waals surface area (Å²) in [4.78, 5) is 0. The molecule has 0 aliphatic heterocycles. The molecule has 0 radical (unpaired) electrons. The number of benzene rings is 6. The van der Waals surface area contributed by atoms with E-state index in [0.717, 1.165) is 22.0 Å². The number of hydrogen-bond acceptors (Lipinski definition) is 2. The number of halogens is 2. The van der Waals surface area contributed by atoms with Crippen molar-refractivity contribution in [3.63, 3.8) is 0 Å². The fourth-order valence-corrected chi connectivity index (χ4v) is 4.85. The number of hydrogen-bond donors (Lipinski definition) is 2. The molecule has 0 aliphatic rings. The van der Waals surface area contributed by atoms with Crippen LogP contribution >= 0.6 is 29.6 Å². The second kappa shape index (κ2) is 17.9. The van der Waals surface area contributed by atoms with Crippen LogP contribution in [0.5, 0.6) is 0 Å². The molecule has 0 spiro atoms. The number of fused-ring (bicyclic) bond motifs is 2. The Bertz CT molecular complexity index is 1650. The van der Waals surface area contributed by atoms with Crippen molar-refractivity contribution >= 4 is 51.1 Å². The molecule has 2 nitrogen and oxygen atoms in total. The molecular weight excluding hydrogens is 686 g/mol. The van der Waals surface area contributed by atoms with E-state index in [2.05, 4.69) is 121 Å². The van der Waals surface area contributed by atoms with Crippen LogP contribution in [-0.4, -0.2) is 0 Å². The van der Waals surface area contributed by atoms with E-state index in [1.54, 1.807) is 0 Å². The topological polar surface area (TPSA) is 52.0 Å². The normalized spacial score (nSPS) is 10.0. The van der Waals surface area contributed by atoms with Crippen molar-refractivity contribution in [3.05, 3.63) is 173 Å². The van der Waals surface area contributed by atoms with E-state index in [9.17, 15) is 0 Å². The van der Waals surface area contributed by atoms with Crippen molar-refractivity contribution in [2.45, 2.75) is 19.5 Å². The summed E-state index contributed by atoms with van der Waals surface area (Å²) >= 11 is 7.63. The Morgan fingerprint density at radius 3 is 1.54 bits per heavy atom. The SMILES string of the molecule is NCc1ccccc1Br.NCc1ccccc1Cc1ccc2ccccc2c1.[CH2-]c1ccc2ccccc2c1.[Zn+][Br]. The van der Waals surface area contributed by atoms with E-state index in [0.29, 0.717) is 13.1 Å². The average Bonchev–Trinajstić information content (AvgIpc) is 3.03. The molecule has 6 aromatic rings. The third-order valence-electron chi connectivity index (χ3n) is 6.54. The van der Waals surface area contributed by atoms with Crippen molar-refractivity contribution in [2.75, 3.05) is 0 Å². The summed E-state index contributed by atoms with van der Waals surface area (Å²) in [6.07, 6.45) is 0.943. The van der Waals surface area contributed by atoms with Gasteiger partial charge in [-0.3, -0.25) is 0 Å². The van der Waals surface area contributed by atoms with Gasteiger partial charge in [0.15, 0.2) is 0 Å². The standard InChI is InChI=1S/C18H17N.C11H9.C7H8BrN.BrH.Zn/c19-13-18-8-4-3-7-17(18)12-14-9-10-15-5-1-2-6-16(15)11-14;1-9-6-7-10-4-2-3-5-11(10)8-9;8-7-4-2-1-3-6(7)5-9;;/h1-11H,12-13,19H2;2-8H,1H2;1-4H,5,9H2;1H;/q;-1;;;+2/p-1. The first-order valence-electron chi connectivity index (χ1n) is 13.3. The summed E-state index contributed by atoms with van der Waals surface area (Å²) < 4.78 is 1.09. The van der Waals surface area contributed by atoms with Crippen LogP contribution in [-0.2, 0) is 35.9 Å². The van der Waals surface area contributed by atoms with Crippen molar-refractivity contribution in [2.24, 2.45) is 11.5 Å². The molecule has 6 rings (SSSR count). The van der Waals surface area contributed by atoms with Gasteiger partial charge in [-0.05, 0) is 50.9 Å². The van der Waals surface area contributed by atoms with Gasteiger partial charge in [-0.15, -0.1) is 6.07 Å². The Morgan fingerprint density at radius 1 is 0.512 bits per heavy atom. The van der Waals surface area contributed by atoms with Gasteiger partial charge in [0.2, 0.25) is 0 Å². The minimum absolute atomic E-state index is 0.599. The zero-order valence-corrected chi connectivity index (χ0v) is 29.3. The van der Waals surface area contributed by atoms with E-state index in [4.69, 9.17) is 11.5 Å². The van der Waals surface area contributed by atoms with E-state index in [-0.39, 0.29) is 0 Å². The molecule has 0 aromatic heterocycles. The van der Waals surface area contributed by atoms with Crippen LogP contribution in [0.1, 0.15) is 27.8 Å².